The number of rotatable bonds is 4. The van der Waals surface area contributed by atoms with Gasteiger partial charge >= 0.3 is 0 Å². The van der Waals surface area contributed by atoms with Gasteiger partial charge < -0.3 is 9.88 Å². The number of carbonyl (C=O) groups is 1. The minimum atomic E-state index is -0.121. The van der Waals surface area contributed by atoms with Crippen LogP contribution in [0.1, 0.15) is 21.6 Å². The molecule has 3 heterocycles. The summed E-state index contributed by atoms with van der Waals surface area (Å²) in [5.74, 6) is 0.907. The molecule has 0 saturated carbocycles. The lowest BCUT2D eigenvalue weighted by atomic mass is 10.1. The van der Waals surface area contributed by atoms with Gasteiger partial charge in [0.25, 0.3) is 5.91 Å². The van der Waals surface area contributed by atoms with E-state index in [1.165, 1.54) is 5.56 Å². The number of hydrogen-bond donors (Lipinski definition) is 1. The van der Waals surface area contributed by atoms with E-state index in [0.717, 1.165) is 34.4 Å². The van der Waals surface area contributed by atoms with Crippen LogP contribution in [0.4, 0.5) is 0 Å². The van der Waals surface area contributed by atoms with E-state index in [1.807, 2.05) is 0 Å². The fraction of sp³-hybridized carbons (Fsp3) is 0.211. The molecule has 25 heavy (non-hydrogen) atoms. The second kappa shape index (κ2) is 6.72. The van der Waals surface area contributed by atoms with Gasteiger partial charge in [0.15, 0.2) is 5.16 Å². The molecule has 1 aliphatic heterocycles. The van der Waals surface area contributed by atoms with E-state index < -0.39 is 0 Å². The molecule has 0 unspecified atom stereocenters. The van der Waals surface area contributed by atoms with Gasteiger partial charge in [-0.3, -0.25) is 9.78 Å². The summed E-state index contributed by atoms with van der Waals surface area (Å²) in [7, 11) is 0. The highest BCUT2D eigenvalue weighted by Crippen LogP contribution is 2.33. The molecule has 0 fully saturated rings. The number of aryl methyl sites for hydroxylation is 1. The fourth-order valence-corrected chi connectivity index (χ4v) is 3.89. The third kappa shape index (κ3) is 3.17. The first-order chi connectivity index (χ1) is 12.2. The topological polar surface area (TPSA) is 59.8 Å². The molecule has 1 N–H and O–H groups in total. The van der Waals surface area contributed by atoms with E-state index in [0.29, 0.717) is 12.1 Å². The van der Waals surface area contributed by atoms with Crippen LogP contribution in [0.3, 0.4) is 0 Å². The maximum Gasteiger partial charge on any atom is 0.253 e. The van der Waals surface area contributed by atoms with Crippen molar-refractivity contribution in [1.82, 2.24) is 19.9 Å². The van der Waals surface area contributed by atoms with Gasteiger partial charge in [0.1, 0.15) is 0 Å². The van der Waals surface area contributed by atoms with Crippen molar-refractivity contribution in [3.8, 4) is 11.3 Å². The van der Waals surface area contributed by atoms with Crippen LogP contribution in [-0.2, 0) is 13.1 Å². The molecule has 0 spiro atoms. The van der Waals surface area contributed by atoms with Gasteiger partial charge in [-0.05, 0) is 19.1 Å². The van der Waals surface area contributed by atoms with Crippen molar-refractivity contribution >= 4 is 17.7 Å². The average Bonchev–Trinajstić information content (AvgIpc) is 3.23. The Labute approximate surface area is 150 Å². The first-order valence-corrected chi connectivity index (χ1v) is 9.18. The predicted octanol–water partition coefficient (Wildman–Crippen LogP) is 3.29. The van der Waals surface area contributed by atoms with E-state index in [2.05, 4.69) is 46.1 Å². The van der Waals surface area contributed by atoms with E-state index in [9.17, 15) is 4.79 Å². The Morgan fingerprint density at radius 2 is 2.12 bits per heavy atom. The number of benzene rings is 1. The summed E-state index contributed by atoms with van der Waals surface area (Å²) in [6, 6.07) is 11.9. The van der Waals surface area contributed by atoms with Gasteiger partial charge in [0.2, 0.25) is 0 Å². The van der Waals surface area contributed by atoms with Crippen LogP contribution >= 0.6 is 11.8 Å². The third-order valence-corrected chi connectivity index (χ3v) is 5.21. The molecule has 1 aliphatic rings. The summed E-state index contributed by atoms with van der Waals surface area (Å²) in [5.41, 5.74) is 4.87. The van der Waals surface area contributed by atoms with Crippen LogP contribution in [0.5, 0.6) is 0 Å². The largest absolute Gasteiger partial charge is 0.346 e. The molecule has 3 aromatic rings. The Morgan fingerprint density at radius 1 is 1.28 bits per heavy atom. The highest BCUT2D eigenvalue weighted by molar-refractivity contribution is 7.99. The summed E-state index contributed by atoms with van der Waals surface area (Å²) in [4.78, 5) is 21.2. The predicted molar refractivity (Wildman–Crippen MR) is 98.5 cm³/mol. The van der Waals surface area contributed by atoms with E-state index >= 15 is 0 Å². The number of amides is 1. The van der Waals surface area contributed by atoms with Crippen LogP contribution in [0, 0.1) is 6.92 Å². The van der Waals surface area contributed by atoms with Crippen molar-refractivity contribution < 1.29 is 4.79 Å². The van der Waals surface area contributed by atoms with Crippen molar-refractivity contribution in [2.24, 2.45) is 0 Å². The zero-order chi connectivity index (χ0) is 17.2. The number of imidazole rings is 1. The van der Waals surface area contributed by atoms with Gasteiger partial charge in [0, 0.05) is 30.3 Å². The van der Waals surface area contributed by atoms with Crippen molar-refractivity contribution in [3.63, 3.8) is 0 Å². The van der Waals surface area contributed by atoms with E-state index in [-0.39, 0.29) is 5.91 Å². The number of hydrogen-bond acceptors (Lipinski definition) is 4. The minimum absolute atomic E-state index is 0.121. The maximum absolute atomic E-state index is 12.3. The molecular weight excluding hydrogens is 332 g/mol. The molecule has 0 radical (unpaired) electrons. The standard InChI is InChI=1S/C19H18N4OS/c1-13-4-6-14(7-5-13)17-16(23-9-10-25-19(23)22-17)12-21-18(24)15-3-2-8-20-11-15/h2-8,11H,9-10,12H2,1H3,(H,21,24). The number of fused-ring (bicyclic) bond motifs is 1. The summed E-state index contributed by atoms with van der Waals surface area (Å²) < 4.78 is 2.21. The lowest BCUT2D eigenvalue weighted by Crippen LogP contribution is -2.24. The Kier molecular flexibility index (Phi) is 4.28. The summed E-state index contributed by atoms with van der Waals surface area (Å²) in [6.07, 6.45) is 3.24. The SMILES string of the molecule is Cc1ccc(-c2nc3n(c2CNC(=O)c2cccnc2)CCS3)cc1. The number of thioether (sulfide) groups is 1. The zero-order valence-corrected chi connectivity index (χ0v) is 14.7. The monoisotopic (exact) mass is 350 g/mol. The molecule has 2 aromatic heterocycles. The number of aromatic nitrogens is 3. The van der Waals surface area contributed by atoms with Crippen LogP contribution in [0.15, 0.2) is 53.9 Å². The van der Waals surface area contributed by atoms with E-state index in [1.54, 1.807) is 36.3 Å². The smallest absolute Gasteiger partial charge is 0.253 e. The average molecular weight is 350 g/mol. The molecule has 4 rings (SSSR count). The Morgan fingerprint density at radius 3 is 2.88 bits per heavy atom. The van der Waals surface area contributed by atoms with Crippen molar-refractivity contribution in [2.45, 2.75) is 25.2 Å². The summed E-state index contributed by atoms with van der Waals surface area (Å²) >= 11 is 1.76. The fourth-order valence-electron chi connectivity index (χ4n) is 2.92. The highest BCUT2D eigenvalue weighted by Gasteiger charge is 2.23. The molecule has 1 aromatic carbocycles. The van der Waals surface area contributed by atoms with E-state index in [4.69, 9.17) is 4.98 Å². The Bertz CT molecular complexity index is 903. The van der Waals surface area contributed by atoms with Crippen molar-refractivity contribution in [3.05, 3.63) is 65.6 Å². The second-order valence-electron chi connectivity index (χ2n) is 5.98. The minimum Gasteiger partial charge on any atom is -0.346 e. The Hall–Kier alpha value is -2.60. The van der Waals surface area contributed by atoms with Crippen molar-refractivity contribution in [2.75, 3.05) is 5.75 Å². The molecule has 6 heteroatoms. The Balaban J connectivity index is 1.62. The highest BCUT2D eigenvalue weighted by atomic mass is 32.2. The van der Waals surface area contributed by atoms with Gasteiger partial charge in [-0.25, -0.2) is 4.98 Å². The molecule has 0 bridgehead atoms. The lowest BCUT2D eigenvalue weighted by molar-refractivity contribution is 0.0949. The van der Waals surface area contributed by atoms with Crippen LogP contribution in [0.25, 0.3) is 11.3 Å². The van der Waals surface area contributed by atoms with Gasteiger partial charge in [-0.1, -0.05) is 41.6 Å². The number of pyridine rings is 1. The normalized spacial score (nSPS) is 12.8. The zero-order valence-electron chi connectivity index (χ0n) is 13.9. The van der Waals surface area contributed by atoms with Gasteiger partial charge in [0.05, 0.1) is 23.5 Å². The molecule has 5 nitrogen and oxygen atoms in total. The van der Waals surface area contributed by atoms with Crippen molar-refractivity contribution in [1.29, 1.82) is 0 Å². The first-order valence-electron chi connectivity index (χ1n) is 8.20. The van der Waals surface area contributed by atoms with Gasteiger partial charge in [-0.2, -0.15) is 0 Å². The molecule has 0 aliphatic carbocycles. The molecule has 126 valence electrons. The quantitative estimate of drug-likeness (QED) is 0.784. The molecule has 0 atom stereocenters. The third-order valence-electron chi connectivity index (χ3n) is 4.25. The van der Waals surface area contributed by atoms with Crippen LogP contribution < -0.4 is 5.32 Å². The molecule has 1 amide bonds. The summed E-state index contributed by atoms with van der Waals surface area (Å²) in [5, 5.41) is 4.03. The number of nitrogens with zero attached hydrogens (tertiary/aromatic N) is 3. The molecular formula is C19H18N4OS. The number of carbonyl (C=O) groups excluding carboxylic acids is 1. The lowest BCUT2D eigenvalue weighted by Gasteiger charge is -2.10. The number of nitrogens with one attached hydrogen (secondary N) is 1. The summed E-state index contributed by atoms with van der Waals surface area (Å²) in [6.45, 7) is 3.45. The van der Waals surface area contributed by atoms with Crippen LogP contribution in [-0.4, -0.2) is 26.2 Å². The maximum atomic E-state index is 12.3. The first kappa shape index (κ1) is 15.9. The van der Waals surface area contributed by atoms with Gasteiger partial charge in [-0.15, -0.1) is 0 Å². The molecule has 0 saturated heterocycles. The second-order valence-corrected chi connectivity index (χ2v) is 7.04. The van der Waals surface area contributed by atoms with Crippen LogP contribution in [0.2, 0.25) is 0 Å².